The van der Waals surface area contributed by atoms with Gasteiger partial charge in [-0.2, -0.15) is 0 Å². The number of hydrogen-bond donors (Lipinski definition) is 0. The van der Waals surface area contributed by atoms with E-state index >= 15 is 0 Å². The van der Waals surface area contributed by atoms with Crippen molar-refractivity contribution in [2.45, 2.75) is 27.7 Å². The minimum atomic E-state index is 0. The molecule has 4 heterocycles. The SMILES string of the molecule is Cc1cnc(-c2[c-]cc3ccc4ccn5c6ccccc6nc5c4c3c2)cc1C.Cc1cnc(-c2[c-]cccc2)cc1C.[Ir]. The third kappa shape index (κ3) is 5.41. The van der Waals surface area contributed by atoms with Gasteiger partial charge in [0.15, 0.2) is 0 Å². The van der Waals surface area contributed by atoms with Crippen LogP contribution in [-0.4, -0.2) is 19.4 Å². The van der Waals surface area contributed by atoms with Gasteiger partial charge in [-0.1, -0.05) is 58.3 Å². The molecule has 4 nitrogen and oxygen atoms in total. The number of para-hydroxylation sites is 2. The Kier molecular flexibility index (Phi) is 8.09. The molecule has 0 N–H and O–H groups in total. The van der Waals surface area contributed by atoms with E-state index in [1.165, 1.54) is 38.4 Å². The molecule has 0 fully saturated rings. The van der Waals surface area contributed by atoms with Crippen molar-refractivity contribution in [3.8, 4) is 22.5 Å². The fourth-order valence-electron chi connectivity index (χ4n) is 5.43. The van der Waals surface area contributed by atoms with Crippen LogP contribution in [0.3, 0.4) is 0 Å². The molecule has 0 atom stereocenters. The van der Waals surface area contributed by atoms with Crippen molar-refractivity contribution in [3.05, 3.63) is 144 Å². The second kappa shape index (κ2) is 12.1. The van der Waals surface area contributed by atoms with Crippen LogP contribution in [0.1, 0.15) is 22.3 Å². The number of fused-ring (bicyclic) bond motifs is 7. The number of hydrogen-bond acceptors (Lipinski definition) is 3. The summed E-state index contributed by atoms with van der Waals surface area (Å²) in [7, 11) is 0. The van der Waals surface area contributed by atoms with Crippen LogP contribution in [0.4, 0.5) is 0 Å². The Balaban J connectivity index is 0.000000194. The molecular weight excluding hydrogens is 717 g/mol. The number of aromatic nitrogens is 4. The van der Waals surface area contributed by atoms with Crippen molar-refractivity contribution in [1.82, 2.24) is 19.4 Å². The van der Waals surface area contributed by atoms with Gasteiger partial charge in [-0.25, -0.2) is 4.98 Å². The predicted molar refractivity (Wildman–Crippen MR) is 177 cm³/mol. The molecule has 8 aromatic rings. The summed E-state index contributed by atoms with van der Waals surface area (Å²) < 4.78 is 2.18. The Morgan fingerprint density at radius 2 is 1.32 bits per heavy atom. The minimum absolute atomic E-state index is 0. The van der Waals surface area contributed by atoms with Gasteiger partial charge in [0.1, 0.15) is 5.65 Å². The van der Waals surface area contributed by atoms with Gasteiger partial charge in [-0.05, 0) is 73.8 Å². The summed E-state index contributed by atoms with van der Waals surface area (Å²) in [6, 6.07) is 37.8. The first-order chi connectivity index (χ1) is 21.0. The largest absolute Gasteiger partial charge is 0.304 e. The van der Waals surface area contributed by atoms with Gasteiger partial charge in [-0.3, -0.25) is 4.40 Å². The summed E-state index contributed by atoms with van der Waals surface area (Å²) in [6.07, 6.45) is 5.95. The monoisotopic (exact) mass is 747 g/mol. The van der Waals surface area contributed by atoms with E-state index in [0.29, 0.717) is 0 Å². The third-order valence-corrected chi connectivity index (χ3v) is 8.21. The Morgan fingerprint density at radius 3 is 2.02 bits per heavy atom. The molecule has 0 saturated carbocycles. The van der Waals surface area contributed by atoms with E-state index in [0.717, 1.165) is 44.6 Å². The van der Waals surface area contributed by atoms with Crippen LogP contribution < -0.4 is 0 Å². The number of benzene rings is 4. The molecule has 5 heteroatoms. The molecule has 0 saturated heterocycles. The number of rotatable bonds is 2. The maximum Gasteiger partial charge on any atom is 0.144 e. The molecule has 4 aromatic heterocycles. The molecule has 0 aliphatic carbocycles. The average molecular weight is 747 g/mol. The number of imidazole rings is 1. The third-order valence-electron chi connectivity index (χ3n) is 8.21. The predicted octanol–water partition coefficient (Wildman–Crippen LogP) is 9.44. The van der Waals surface area contributed by atoms with Crippen LogP contribution in [-0.2, 0) is 20.1 Å². The standard InChI is InChI=1S/C26H18N3.C13H12N.Ir/c1-16-13-23(27-15-17(16)2)20-10-8-18-7-9-19-11-12-29-24-6-4-3-5-22(24)28-26(29)25(19)21(18)14-20;1-10-8-13(14-9-11(10)2)12-6-4-3-5-7-12;/h3-9,11-15H,1-2H3;3-6,8-9H,1-2H3;/q2*-1;. The van der Waals surface area contributed by atoms with E-state index in [1.54, 1.807) is 0 Å². The molecule has 217 valence electrons. The van der Waals surface area contributed by atoms with E-state index in [4.69, 9.17) is 4.98 Å². The van der Waals surface area contributed by atoms with Crippen molar-refractivity contribution < 1.29 is 20.1 Å². The number of nitrogens with zero attached hydrogens (tertiary/aromatic N) is 4. The quantitative estimate of drug-likeness (QED) is 0.131. The molecule has 0 spiro atoms. The van der Waals surface area contributed by atoms with Crippen LogP contribution in [0.15, 0.2) is 110 Å². The Morgan fingerprint density at radius 1 is 0.636 bits per heavy atom. The van der Waals surface area contributed by atoms with Gasteiger partial charge in [-0.15, -0.1) is 59.7 Å². The summed E-state index contributed by atoms with van der Waals surface area (Å²) in [6.45, 7) is 8.38. The second-order valence-electron chi connectivity index (χ2n) is 11.1. The summed E-state index contributed by atoms with van der Waals surface area (Å²) in [5.41, 5.74) is 12.1. The van der Waals surface area contributed by atoms with Gasteiger partial charge < -0.3 is 9.97 Å². The minimum Gasteiger partial charge on any atom is -0.304 e. The van der Waals surface area contributed by atoms with Crippen molar-refractivity contribution in [1.29, 1.82) is 0 Å². The smallest absolute Gasteiger partial charge is 0.144 e. The maximum atomic E-state index is 4.96. The molecule has 44 heavy (non-hydrogen) atoms. The first kappa shape index (κ1) is 29.4. The van der Waals surface area contributed by atoms with Gasteiger partial charge in [0, 0.05) is 44.1 Å². The first-order valence-corrected chi connectivity index (χ1v) is 14.4. The molecular formula is C39H30IrN4-2. The van der Waals surface area contributed by atoms with Crippen LogP contribution in [0.5, 0.6) is 0 Å². The van der Waals surface area contributed by atoms with Gasteiger partial charge >= 0.3 is 0 Å². The maximum absolute atomic E-state index is 4.96. The van der Waals surface area contributed by atoms with Crippen molar-refractivity contribution >= 4 is 38.2 Å². The van der Waals surface area contributed by atoms with Crippen LogP contribution in [0.25, 0.3) is 60.7 Å². The zero-order valence-electron chi connectivity index (χ0n) is 25.0. The molecule has 0 aliphatic heterocycles. The molecule has 0 unspecified atom stereocenters. The zero-order chi connectivity index (χ0) is 29.5. The first-order valence-electron chi connectivity index (χ1n) is 14.4. The van der Waals surface area contributed by atoms with Gasteiger partial charge in [0.25, 0.3) is 0 Å². The van der Waals surface area contributed by atoms with E-state index < -0.39 is 0 Å². The average Bonchev–Trinajstić information content (AvgIpc) is 3.43. The van der Waals surface area contributed by atoms with E-state index in [-0.39, 0.29) is 20.1 Å². The molecule has 1 radical (unpaired) electrons. The molecule has 0 bridgehead atoms. The summed E-state index contributed by atoms with van der Waals surface area (Å²) >= 11 is 0. The van der Waals surface area contributed by atoms with Crippen LogP contribution in [0, 0.1) is 39.8 Å². The Bertz CT molecular complexity index is 2290. The van der Waals surface area contributed by atoms with Gasteiger partial charge in [0.2, 0.25) is 0 Å². The summed E-state index contributed by atoms with van der Waals surface area (Å²) in [5, 5.41) is 4.69. The number of pyridine rings is 3. The van der Waals surface area contributed by atoms with Crippen LogP contribution in [0.2, 0.25) is 0 Å². The van der Waals surface area contributed by atoms with Crippen molar-refractivity contribution in [2.75, 3.05) is 0 Å². The molecule has 0 amide bonds. The van der Waals surface area contributed by atoms with E-state index in [2.05, 4.69) is 121 Å². The molecule has 4 aromatic carbocycles. The van der Waals surface area contributed by atoms with Gasteiger partial charge in [0.05, 0.1) is 11.0 Å². The van der Waals surface area contributed by atoms with E-state index in [1.807, 2.05) is 42.7 Å². The van der Waals surface area contributed by atoms with Crippen molar-refractivity contribution in [3.63, 3.8) is 0 Å². The molecule has 8 rings (SSSR count). The fraction of sp³-hybridized carbons (Fsp3) is 0.103. The molecule has 0 aliphatic rings. The zero-order valence-corrected chi connectivity index (χ0v) is 27.4. The fourth-order valence-corrected chi connectivity index (χ4v) is 5.43. The topological polar surface area (TPSA) is 43.1 Å². The van der Waals surface area contributed by atoms with Crippen LogP contribution >= 0.6 is 0 Å². The Labute approximate surface area is 270 Å². The van der Waals surface area contributed by atoms with Crippen molar-refractivity contribution in [2.24, 2.45) is 0 Å². The Hall–Kier alpha value is -4.70. The second-order valence-corrected chi connectivity index (χ2v) is 11.1. The van der Waals surface area contributed by atoms with E-state index in [9.17, 15) is 0 Å². The summed E-state index contributed by atoms with van der Waals surface area (Å²) in [4.78, 5) is 14.0. The normalized spacial score (nSPS) is 11.0. The summed E-state index contributed by atoms with van der Waals surface area (Å²) in [5.74, 6) is 0. The number of aryl methyl sites for hydroxylation is 4.